The van der Waals surface area contributed by atoms with Crippen LogP contribution in [0.2, 0.25) is 12.6 Å². The molecule has 0 aromatic carbocycles. The zero-order valence-electron chi connectivity index (χ0n) is 17.3. The fourth-order valence-corrected chi connectivity index (χ4v) is 5.92. The molecule has 0 heterocycles. The maximum absolute atomic E-state index is 5.90. The van der Waals surface area contributed by atoms with Gasteiger partial charge in [0.05, 0.1) is 0 Å². The Labute approximate surface area is 154 Å². The second kappa shape index (κ2) is 17.9. The van der Waals surface area contributed by atoms with E-state index in [1.807, 2.05) is 0 Å². The minimum atomic E-state index is -1.85. The summed E-state index contributed by atoms with van der Waals surface area (Å²) >= 11 is 0. The van der Waals surface area contributed by atoms with Crippen molar-refractivity contribution in [1.29, 1.82) is 0 Å². The van der Waals surface area contributed by atoms with E-state index < -0.39 is 8.56 Å². The molecule has 146 valence electrons. The minimum Gasteiger partial charge on any atom is -0.395 e. The SMILES string of the molecule is CCCCCCCCCCCCCCCC[Si](C)(OCC)OCC. The summed E-state index contributed by atoms with van der Waals surface area (Å²) in [6.07, 6.45) is 19.8. The van der Waals surface area contributed by atoms with Gasteiger partial charge in [0, 0.05) is 13.2 Å². The smallest absolute Gasteiger partial charge is 0.334 e. The highest BCUT2D eigenvalue weighted by molar-refractivity contribution is 6.66. The Morgan fingerprint density at radius 3 is 1.17 bits per heavy atom. The van der Waals surface area contributed by atoms with Crippen LogP contribution in [0.25, 0.3) is 0 Å². The molecule has 0 amide bonds. The van der Waals surface area contributed by atoms with Crippen LogP contribution in [-0.4, -0.2) is 21.8 Å². The van der Waals surface area contributed by atoms with Crippen LogP contribution in [0.4, 0.5) is 0 Å². The summed E-state index contributed by atoms with van der Waals surface area (Å²) in [5, 5.41) is 0. The van der Waals surface area contributed by atoms with Crippen molar-refractivity contribution < 1.29 is 8.85 Å². The predicted molar refractivity (Wildman–Crippen MR) is 110 cm³/mol. The molecule has 24 heavy (non-hydrogen) atoms. The third-order valence-corrected chi connectivity index (χ3v) is 7.94. The Hall–Kier alpha value is 0.137. The Bertz CT molecular complexity index is 240. The average Bonchev–Trinajstić information content (AvgIpc) is 2.55. The summed E-state index contributed by atoms with van der Waals surface area (Å²) in [4.78, 5) is 0. The average molecular weight is 359 g/mol. The van der Waals surface area contributed by atoms with Crippen molar-refractivity contribution in [3.8, 4) is 0 Å². The second-order valence-corrected chi connectivity index (χ2v) is 10.7. The largest absolute Gasteiger partial charge is 0.395 e. The van der Waals surface area contributed by atoms with Crippen LogP contribution < -0.4 is 0 Å². The van der Waals surface area contributed by atoms with Gasteiger partial charge >= 0.3 is 8.56 Å². The van der Waals surface area contributed by atoms with Crippen LogP contribution in [0.15, 0.2) is 0 Å². The van der Waals surface area contributed by atoms with Crippen molar-refractivity contribution in [2.24, 2.45) is 0 Å². The van der Waals surface area contributed by atoms with E-state index in [-0.39, 0.29) is 0 Å². The second-order valence-electron chi connectivity index (χ2n) is 7.35. The third-order valence-electron chi connectivity index (χ3n) is 4.88. The number of hydrogen-bond acceptors (Lipinski definition) is 2. The molecule has 0 aliphatic carbocycles. The molecular formula is C21H46O2Si. The molecule has 0 spiro atoms. The summed E-state index contributed by atoms with van der Waals surface area (Å²) in [6, 6.07) is 1.16. The molecule has 0 N–H and O–H groups in total. The molecule has 0 unspecified atom stereocenters. The van der Waals surface area contributed by atoms with Crippen LogP contribution in [-0.2, 0) is 8.85 Å². The maximum atomic E-state index is 5.90. The van der Waals surface area contributed by atoms with E-state index in [0.717, 1.165) is 19.3 Å². The highest BCUT2D eigenvalue weighted by atomic mass is 28.4. The first-order chi connectivity index (χ1) is 11.7. The van der Waals surface area contributed by atoms with Gasteiger partial charge in [-0.1, -0.05) is 96.8 Å². The number of unbranched alkanes of at least 4 members (excludes halogenated alkanes) is 13. The molecule has 0 saturated heterocycles. The predicted octanol–water partition coefficient (Wildman–Crippen LogP) is 7.61. The summed E-state index contributed by atoms with van der Waals surface area (Å²) in [5.41, 5.74) is 0. The van der Waals surface area contributed by atoms with Gasteiger partial charge in [-0.05, 0) is 26.4 Å². The van der Waals surface area contributed by atoms with Gasteiger partial charge in [0.25, 0.3) is 0 Å². The van der Waals surface area contributed by atoms with E-state index in [4.69, 9.17) is 8.85 Å². The first kappa shape index (κ1) is 24.1. The Morgan fingerprint density at radius 2 is 0.833 bits per heavy atom. The van der Waals surface area contributed by atoms with Crippen LogP contribution in [0.3, 0.4) is 0 Å². The van der Waals surface area contributed by atoms with E-state index in [2.05, 4.69) is 27.3 Å². The lowest BCUT2D eigenvalue weighted by Crippen LogP contribution is -2.38. The fraction of sp³-hybridized carbons (Fsp3) is 1.00. The molecule has 0 aromatic rings. The zero-order chi connectivity index (χ0) is 17.9. The first-order valence-corrected chi connectivity index (χ1v) is 13.5. The summed E-state index contributed by atoms with van der Waals surface area (Å²) in [7, 11) is -1.85. The van der Waals surface area contributed by atoms with E-state index in [0.29, 0.717) is 0 Å². The van der Waals surface area contributed by atoms with Crippen LogP contribution in [0.5, 0.6) is 0 Å². The van der Waals surface area contributed by atoms with Gasteiger partial charge in [-0.15, -0.1) is 0 Å². The molecule has 0 aliphatic heterocycles. The lowest BCUT2D eigenvalue weighted by Gasteiger charge is -2.25. The van der Waals surface area contributed by atoms with Gasteiger partial charge in [0.1, 0.15) is 0 Å². The van der Waals surface area contributed by atoms with Gasteiger partial charge in [-0.3, -0.25) is 0 Å². The number of rotatable bonds is 19. The molecule has 0 fully saturated rings. The van der Waals surface area contributed by atoms with Gasteiger partial charge in [0.2, 0.25) is 0 Å². The topological polar surface area (TPSA) is 18.5 Å². The molecule has 0 aromatic heterocycles. The van der Waals surface area contributed by atoms with Gasteiger partial charge in [0.15, 0.2) is 0 Å². The lowest BCUT2D eigenvalue weighted by molar-refractivity contribution is 0.188. The summed E-state index contributed by atoms with van der Waals surface area (Å²) in [5.74, 6) is 0. The van der Waals surface area contributed by atoms with Crippen LogP contribution in [0, 0.1) is 0 Å². The van der Waals surface area contributed by atoms with Gasteiger partial charge < -0.3 is 8.85 Å². The molecule has 0 atom stereocenters. The lowest BCUT2D eigenvalue weighted by atomic mass is 10.0. The summed E-state index contributed by atoms with van der Waals surface area (Å²) < 4.78 is 11.8. The molecule has 0 bridgehead atoms. The molecule has 3 heteroatoms. The van der Waals surface area contributed by atoms with Crippen molar-refractivity contribution in [2.45, 2.75) is 123 Å². The molecule has 0 radical (unpaired) electrons. The zero-order valence-corrected chi connectivity index (χ0v) is 18.3. The van der Waals surface area contributed by atoms with Crippen molar-refractivity contribution in [3.05, 3.63) is 0 Å². The van der Waals surface area contributed by atoms with Crippen molar-refractivity contribution in [3.63, 3.8) is 0 Å². The van der Waals surface area contributed by atoms with E-state index >= 15 is 0 Å². The van der Waals surface area contributed by atoms with Crippen molar-refractivity contribution >= 4 is 8.56 Å². The van der Waals surface area contributed by atoms with E-state index in [1.165, 1.54) is 89.9 Å². The molecule has 0 saturated carbocycles. The van der Waals surface area contributed by atoms with Crippen LogP contribution in [0.1, 0.15) is 111 Å². The molecular weight excluding hydrogens is 312 g/mol. The van der Waals surface area contributed by atoms with Crippen molar-refractivity contribution in [2.75, 3.05) is 13.2 Å². The standard InChI is InChI=1S/C21H46O2Si/c1-5-8-9-10-11-12-13-14-15-16-17-18-19-20-21-24(4,22-6-2)23-7-3/h5-21H2,1-4H3. The normalized spacial score (nSPS) is 12.0. The third kappa shape index (κ3) is 15.7. The van der Waals surface area contributed by atoms with Gasteiger partial charge in [-0.2, -0.15) is 0 Å². The van der Waals surface area contributed by atoms with Crippen LogP contribution >= 0.6 is 0 Å². The fourth-order valence-electron chi connectivity index (χ4n) is 3.44. The van der Waals surface area contributed by atoms with E-state index in [9.17, 15) is 0 Å². The minimum absolute atomic E-state index is 0.793. The highest BCUT2D eigenvalue weighted by Gasteiger charge is 2.29. The monoisotopic (exact) mass is 358 g/mol. The Kier molecular flexibility index (Phi) is 18.0. The Morgan fingerprint density at radius 1 is 0.500 bits per heavy atom. The number of hydrogen-bond donors (Lipinski definition) is 0. The quantitative estimate of drug-likeness (QED) is 0.175. The first-order valence-electron chi connectivity index (χ1n) is 11.0. The Balaban J connectivity index is 3.30. The molecule has 0 aliphatic rings. The molecule has 2 nitrogen and oxygen atoms in total. The maximum Gasteiger partial charge on any atom is 0.334 e. The highest BCUT2D eigenvalue weighted by Crippen LogP contribution is 2.19. The summed E-state index contributed by atoms with van der Waals surface area (Å²) in [6.45, 7) is 10.3. The van der Waals surface area contributed by atoms with Crippen molar-refractivity contribution in [1.82, 2.24) is 0 Å². The van der Waals surface area contributed by atoms with Gasteiger partial charge in [-0.25, -0.2) is 0 Å². The molecule has 0 rings (SSSR count). The van der Waals surface area contributed by atoms with E-state index in [1.54, 1.807) is 0 Å².